The molecule has 0 spiro atoms. The Morgan fingerprint density at radius 1 is 0.850 bits per heavy atom. The van der Waals surface area contributed by atoms with Crippen molar-refractivity contribution < 1.29 is 5.11 Å². The summed E-state index contributed by atoms with van der Waals surface area (Å²) in [5, 5.41) is 9.30. The van der Waals surface area contributed by atoms with E-state index in [0.717, 1.165) is 0 Å². The molecule has 0 bridgehead atoms. The Bertz CT molecular complexity index is 822. The average molecular weight is 257 g/mol. The molecule has 0 saturated carbocycles. The van der Waals surface area contributed by atoms with E-state index in [4.69, 9.17) is 5.73 Å². The van der Waals surface area contributed by atoms with Gasteiger partial charge in [-0.25, -0.2) is 0 Å². The molecule has 2 heteroatoms. The van der Waals surface area contributed by atoms with Crippen molar-refractivity contribution in [1.82, 2.24) is 0 Å². The van der Waals surface area contributed by atoms with Crippen molar-refractivity contribution in [2.75, 3.05) is 0 Å². The summed E-state index contributed by atoms with van der Waals surface area (Å²) in [6.45, 7) is 4.98. The van der Waals surface area contributed by atoms with Crippen molar-refractivity contribution >= 4 is 0 Å². The maximum Gasteiger partial charge on any atom is 0.0949 e. The van der Waals surface area contributed by atoms with Crippen LogP contribution in [0.1, 0.15) is 6.92 Å². The fourth-order valence-corrected chi connectivity index (χ4v) is 0.640. The van der Waals surface area contributed by atoms with Gasteiger partial charge in [-0.05, 0) is 82.6 Å². The summed E-state index contributed by atoms with van der Waals surface area (Å²) in [7, 11) is 0. The van der Waals surface area contributed by atoms with Crippen LogP contribution in [-0.2, 0) is 0 Å². The third kappa shape index (κ3) is 11.3. The molecular weight excluding hydrogens is 246 g/mol. The zero-order chi connectivity index (χ0) is 15.1. The van der Waals surface area contributed by atoms with Crippen molar-refractivity contribution in [2.45, 2.75) is 19.1 Å². The first-order valence-corrected chi connectivity index (χ1v) is 5.48. The summed E-state index contributed by atoms with van der Waals surface area (Å²) in [5.41, 5.74) is 37.6. The van der Waals surface area contributed by atoms with E-state index in [1.807, 2.05) is 0 Å². The summed E-state index contributed by atoms with van der Waals surface area (Å²) in [4.78, 5) is 0. The van der Waals surface area contributed by atoms with Crippen molar-refractivity contribution in [3.63, 3.8) is 0 Å². The van der Waals surface area contributed by atoms with E-state index in [-0.39, 0.29) is 6.04 Å². The van der Waals surface area contributed by atoms with Gasteiger partial charge in [-0.2, -0.15) is 0 Å². The molecule has 94 valence electrons. The third-order valence-electron chi connectivity index (χ3n) is 1.58. The van der Waals surface area contributed by atoms with Crippen LogP contribution < -0.4 is 5.73 Å². The Balaban J connectivity index is 5.38. The Morgan fingerprint density at radius 2 is 1.25 bits per heavy atom. The Morgan fingerprint density at radius 3 is 1.65 bits per heavy atom. The van der Waals surface area contributed by atoms with Gasteiger partial charge in [0.1, 0.15) is 0 Å². The van der Waals surface area contributed by atoms with Crippen LogP contribution in [0.3, 0.4) is 0 Å². The van der Waals surface area contributed by atoms with E-state index in [1.54, 1.807) is 6.92 Å². The molecule has 0 radical (unpaired) electrons. The molecular formula is C18H11NO. The second-order valence-electron chi connectivity index (χ2n) is 3.21. The van der Waals surface area contributed by atoms with Gasteiger partial charge in [0, 0.05) is 6.04 Å². The fourth-order valence-electron chi connectivity index (χ4n) is 0.640. The molecule has 0 unspecified atom stereocenters. The molecule has 2 atom stereocenters. The van der Waals surface area contributed by atoms with Gasteiger partial charge in [-0.1, -0.05) is 11.5 Å². The minimum Gasteiger partial charge on any atom is -0.387 e. The van der Waals surface area contributed by atoms with Crippen molar-refractivity contribution in [2.24, 2.45) is 5.73 Å². The molecule has 0 aliphatic carbocycles. The zero-order valence-electron chi connectivity index (χ0n) is 11.0. The molecule has 0 fully saturated rings. The highest BCUT2D eigenvalue weighted by molar-refractivity contribution is 4.95. The maximum absolute atomic E-state index is 9.30. The Labute approximate surface area is 117 Å². The fraction of sp³-hybridized carbons (Fsp3) is 0.167. The monoisotopic (exact) mass is 257 g/mol. The molecule has 0 amide bonds. The van der Waals surface area contributed by atoms with Crippen LogP contribution in [0.4, 0.5) is 0 Å². The molecule has 0 aromatic carbocycles. The largest absolute Gasteiger partial charge is 0.387 e. The first-order chi connectivity index (χ1) is 9.68. The van der Waals surface area contributed by atoms with E-state index >= 15 is 0 Å². The van der Waals surface area contributed by atoms with Crippen molar-refractivity contribution in [3.05, 3.63) is 87.2 Å². The van der Waals surface area contributed by atoms with Gasteiger partial charge in [0.25, 0.3) is 0 Å². The maximum atomic E-state index is 9.30. The van der Waals surface area contributed by atoms with Crippen LogP contribution in [0.15, 0.2) is 87.2 Å². The molecule has 0 aliphatic heterocycles. The van der Waals surface area contributed by atoms with Gasteiger partial charge < -0.3 is 10.8 Å². The quantitative estimate of drug-likeness (QED) is 0.742. The van der Waals surface area contributed by atoms with Crippen molar-refractivity contribution in [1.29, 1.82) is 0 Å². The zero-order valence-corrected chi connectivity index (χ0v) is 11.0. The van der Waals surface area contributed by atoms with Crippen LogP contribution in [0.25, 0.3) is 0 Å². The Hall–Kier alpha value is -3.20. The molecule has 0 aromatic heterocycles. The standard InChI is InChI=1S/C18H11NO/c1-3-4-5-6-7-8-9-10-11-12-13-14-15-16-18(20)17(2)19/h16-18,20H,1,19H2,2H3/t17-,18-/m1/s1. The molecule has 2 nitrogen and oxygen atoms in total. The lowest BCUT2D eigenvalue weighted by Gasteiger charge is -2.06. The summed E-state index contributed by atoms with van der Waals surface area (Å²) in [5.74, 6) is 0. The van der Waals surface area contributed by atoms with Gasteiger partial charge in [0.15, 0.2) is 0 Å². The average Bonchev–Trinajstić information content (AvgIpc) is 2.43. The predicted octanol–water partition coefficient (Wildman–Crippen LogP) is 1.90. The molecule has 0 rings (SSSR count). The van der Waals surface area contributed by atoms with E-state index < -0.39 is 6.10 Å². The predicted molar refractivity (Wildman–Crippen MR) is 75.5 cm³/mol. The van der Waals surface area contributed by atoms with Crippen LogP contribution in [-0.4, -0.2) is 17.3 Å². The summed E-state index contributed by atoms with van der Waals surface area (Å²) < 4.78 is 0. The minimum atomic E-state index is -0.762. The van der Waals surface area contributed by atoms with Crippen LogP contribution in [0.2, 0.25) is 0 Å². The SMILES string of the molecule is C=C=C=C=C=C=C=C=C=C=C=C=C=C=C[C@@H](O)[C@@H](C)N. The van der Waals surface area contributed by atoms with E-state index in [9.17, 15) is 5.11 Å². The molecule has 0 aliphatic rings. The molecule has 20 heavy (non-hydrogen) atoms. The van der Waals surface area contributed by atoms with Gasteiger partial charge in [-0.3, -0.25) is 0 Å². The van der Waals surface area contributed by atoms with Gasteiger partial charge >= 0.3 is 0 Å². The van der Waals surface area contributed by atoms with E-state index in [1.165, 1.54) is 6.08 Å². The highest BCUT2D eigenvalue weighted by Crippen LogP contribution is 1.88. The van der Waals surface area contributed by atoms with Gasteiger partial charge in [0.2, 0.25) is 0 Å². The summed E-state index contributed by atoms with van der Waals surface area (Å²) in [6, 6.07) is -0.359. The lowest BCUT2D eigenvalue weighted by atomic mass is 10.2. The highest BCUT2D eigenvalue weighted by atomic mass is 16.3. The second kappa shape index (κ2) is 12.3. The normalized spacial score (nSPS) is 8.95. The lowest BCUT2D eigenvalue weighted by Crippen LogP contribution is -2.29. The topological polar surface area (TPSA) is 46.2 Å². The summed E-state index contributed by atoms with van der Waals surface area (Å²) >= 11 is 0. The highest BCUT2D eigenvalue weighted by Gasteiger charge is 2.02. The third-order valence-corrected chi connectivity index (χ3v) is 1.58. The minimum absolute atomic E-state index is 0.359. The smallest absolute Gasteiger partial charge is 0.0949 e. The molecule has 0 heterocycles. The van der Waals surface area contributed by atoms with Crippen molar-refractivity contribution in [3.8, 4) is 0 Å². The van der Waals surface area contributed by atoms with Gasteiger partial charge in [0.05, 0.1) is 6.10 Å². The lowest BCUT2D eigenvalue weighted by molar-refractivity contribution is 0.198. The summed E-state index contributed by atoms with van der Waals surface area (Å²) in [6.07, 6.45) is 0.616. The number of aliphatic hydroxyl groups is 1. The van der Waals surface area contributed by atoms with Crippen LogP contribution >= 0.6 is 0 Å². The number of hydrogen-bond acceptors (Lipinski definition) is 2. The second-order valence-corrected chi connectivity index (χ2v) is 3.21. The van der Waals surface area contributed by atoms with Crippen LogP contribution in [0.5, 0.6) is 0 Å². The number of hydrogen-bond donors (Lipinski definition) is 2. The molecule has 0 aromatic rings. The van der Waals surface area contributed by atoms with Crippen LogP contribution in [0, 0.1) is 0 Å². The molecule has 0 saturated heterocycles. The number of nitrogens with two attached hydrogens (primary N) is 1. The number of rotatable bonds is 2. The van der Waals surface area contributed by atoms with E-state index in [0.29, 0.717) is 0 Å². The first kappa shape index (κ1) is 16.8. The van der Waals surface area contributed by atoms with E-state index in [2.05, 4.69) is 81.1 Å². The molecule has 3 N–H and O–H groups in total. The number of aliphatic hydroxyl groups excluding tert-OH is 1. The first-order valence-electron chi connectivity index (χ1n) is 5.48. The Kier molecular flexibility index (Phi) is 10.3. The van der Waals surface area contributed by atoms with Gasteiger partial charge in [-0.15, -0.1) is 0 Å².